The van der Waals surface area contributed by atoms with E-state index in [2.05, 4.69) is 10.6 Å². The molecule has 0 radical (unpaired) electrons. The number of ketones is 1. The van der Waals surface area contributed by atoms with Crippen LogP contribution in [0.2, 0.25) is 0 Å². The Kier molecular flexibility index (Phi) is 4.77. The number of rotatable bonds is 6. The summed E-state index contributed by atoms with van der Waals surface area (Å²) in [6.45, 7) is 5.62. The Hall–Kier alpha value is -2.29. The van der Waals surface area contributed by atoms with Gasteiger partial charge < -0.3 is 10.6 Å². The number of carbonyl (C=O) groups is 1. The fourth-order valence-corrected chi connectivity index (χ4v) is 2.20. The quantitative estimate of drug-likeness (QED) is 0.783. The third kappa shape index (κ3) is 2.99. The molecule has 0 aromatic heterocycles. The molecule has 0 unspecified atom stereocenters. The van der Waals surface area contributed by atoms with Gasteiger partial charge in [0.25, 0.3) is 0 Å². The summed E-state index contributed by atoms with van der Waals surface area (Å²) in [5.74, 6) is 0.0399. The van der Waals surface area contributed by atoms with Crippen molar-refractivity contribution in [1.29, 1.82) is 0 Å². The second-order valence-corrected chi connectivity index (χ2v) is 4.48. The Bertz CT molecular complexity index is 542. The molecule has 2 aromatic rings. The van der Waals surface area contributed by atoms with Crippen molar-refractivity contribution >= 4 is 17.2 Å². The monoisotopic (exact) mass is 268 g/mol. The second-order valence-electron chi connectivity index (χ2n) is 4.48. The lowest BCUT2D eigenvalue weighted by atomic mass is 10.00. The van der Waals surface area contributed by atoms with Gasteiger partial charge >= 0.3 is 0 Å². The minimum Gasteiger partial charge on any atom is -0.385 e. The molecule has 0 bridgehead atoms. The van der Waals surface area contributed by atoms with Crippen LogP contribution in [0.4, 0.5) is 11.4 Å². The normalized spacial score (nSPS) is 10.1. The van der Waals surface area contributed by atoms with E-state index in [0.29, 0.717) is 11.1 Å². The molecular weight excluding hydrogens is 248 g/mol. The third-order valence-electron chi connectivity index (χ3n) is 3.08. The second kappa shape index (κ2) is 6.75. The number of para-hydroxylation sites is 2. The number of anilines is 2. The summed E-state index contributed by atoms with van der Waals surface area (Å²) in [6, 6.07) is 15.3. The standard InChI is InChI=1S/C17H20N2O/c1-3-18-15-11-7-5-9-13(15)17(20)14-10-6-8-12-16(14)19-4-2/h5-12,18-19H,3-4H2,1-2H3. The van der Waals surface area contributed by atoms with Crippen LogP contribution in [0.15, 0.2) is 48.5 Å². The molecule has 3 nitrogen and oxygen atoms in total. The summed E-state index contributed by atoms with van der Waals surface area (Å²) in [6.07, 6.45) is 0. The topological polar surface area (TPSA) is 41.1 Å². The maximum absolute atomic E-state index is 12.8. The lowest BCUT2D eigenvalue weighted by Gasteiger charge is -2.13. The van der Waals surface area contributed by atoms with E-state index in [-0.39, 0.29) is 5.78 Å². The van der Waals surface area contributed by atoms with Crippen LogP contribution in [-0.2, 0) is 0 Å². The molecular formula is C17H20N2O. The van der Waals surface area contributed by atoms with E-state index in [4.69, 9.17) is 0 Å². The minimum atomic E-state index is 0.0399. The van der Waals surface area contributed by atoms with Crippen LogP contribution >= 0.6 is 0 Å². The zero-order valence-corrected chi connectivity index (χ0v) is 11.9. The van der Waals surface area contributed by atoms with E-state index >= 15 is 0 Å². The minimum absolute atomic E-state index is 0.0399. The van der Waals surface area contributed by atoms with Crippen LogP contribution in [0.1, 0.15) is 29.8 Å². The van der Waals surface area contributed by atoms with Crippen LogP contribution in [0, 0.1) is 0 Å². The average molecular weight is 268 g/mol. The van der Waals surface area contributed by atoms with Crippen molar-refractivity contribution in [3.8, 4) is 0 Å². The summed E-state index contributed by atoms with van der Waals surface area (Å²) in [5, 5.41) is 6.47. The van der Waals surface area contributed by atoms with Gasteiger partial charge in [-0.05, 0) is 38.1 Å². The van der Waals surface area contributed by atoms with Gasteiger partial charge in [0.15, 0.2) is 5.78 Å². The highest BCUT2D eigenvalue weighted by atomic mass is 16.1. The molecule has 0 fully saturated rings. The van der Waals surface area contributed by atoms with E-state index in [1.165, 1.54) is 0 Å². The zero-order chi connectivity index (χ0) is 14.4. The van der Waals surface area contributed by atoms with Crippen LogP contribution in [-0.4, -0.2) is 18.9 Å². The first-order chi connectivity index (χ1) is 9.77. The highest BCUT2D eigenvalue weighted by Gasteiger charge is 2.15. The largest absolute Gasteiger partial charge is 0.385 e. The van der Waals surface area contributed by atoms with Gasteiger partial charge in [0.05, 0.1) is 0 Å². The molecule has 104 valence electrons. The molecule has 0 amide bonds. The Morgan fingerprint density at radius 3 is 1.60 bits per heavy atom. The molecule has 2 aromatic carbocycles. The molecule has 0 aliphatic heterocycles. The van der Waals surface area contributed by atoms with Crippen molar-refractivity contribution in [2.45, 2.75) is 13.8 Å². The molecule has 3 heteroatoms. The Labute approximate surface area is 120 Å². The van der Waals surface area contributed by atoms with Crippen LogP contribution in [0.3, 0.4) is 0 Å². The van der Waals surface area contributed by atoms with Crippen molar-refractivity contribution in [1.82, 2.24) is 0 Å². The SMILES string of the molecule is CCNc1ccccc1C(=O)c1ccccc1NCC. The zero-order valence-electron chi connectivity index (χ0n) is 11.9. The molecule has 2 rings (SSSR count). The van der Waals surface area contributed by atoms with Gasteiger partial charge in [-0.2, -0.15) is 0 Å². The lowest BCUT2D eigenvalue weighted by Crippen LogP contribution is -2.10. The van der Waals surface area contributed by atoms with E-state index in [9.17, 15) is 4.79 Å². The predicted octanol–water partition coefficient (Wildman–Crippen LogP) is 3.78. The van der Waals surface area contributed by atoms with E-state index < -0.39 is 0 Å². The lowest BCUT2D eigenvalue weighted by molar-refractivity contribution is 0.104. The summed E-state index contributed by atoms with van der Waals surface area (Å²) < 4.78 is 0. The number of hydrogen-bond acceptors (Lipinski definition) is 3. The fourth-order valence-electron chi connectivity index (χ4n) is 2.20. The summed E-state index contributed by atoms with van der Waals surface area (Å²) >= 11 is 0. The van der Waals surface area contributed by atoms with Gasteiger partial charge in [-0.3, -0.25) is 4.79 Å². The molecule has 0 spiro atoms. The maximum atomic E-state index is 12.8. The summed E-state index contributed by atoms with van der Waals surface area (Å²) in [5.41, 5.74) is 3.18. The first-order valence-electron chi connectivity index (χ1n) is 6.98. The van der Waals surface area contributed by atoms with Crippen LogP contribution in [0.25, 0.3) is 0 Å². The molecule has 0 aliphatic rings. The van der Waals surface area contributed by atoms with Crippen molar-refractivity contribution in [3.63, 3.8) is 0 Å². The molecule has 0 saturated heterocycles. The number of carbonyl (C=O) groups excluding carboxylic acids is 1. The van der Waals surface area contributed by atoms with Gasteiger partial charge in [0, 0.05) is 35.6 Å². The average Bonchev–Trinajstić information content (AvgIpc) is 2.48. The van der Waals surface area contributed by atoms with Crippen molar-refractivity contribution < 1.29 is 4.79 Å². The Morgan fingerprint density at radius 2 is 1.20 bits per heavy atom. The third-order valence-corrected chi connectivity index (χ3v) is 3.08. The van der Waals surface area contributed by atoms with E-state index in [0.717, 1.165) is 24.5 Å². The Balaban J connectivity index is 2.41. The molecule has 2 N–H and O–H groups in total. The molecule has 20 heavy (non-hydrogen) atoms. The van der Waals surface area contributed by atoms with Gasteiger partial charge in [-0.15, -0.1) is 0 Å². The molecule has 0 saturated carbocycles. The smallest absolute Gasteiger partial charge is 0.197 e. The highest BCUT2D eigenvalue weighted by molar-refractivity contribution is 6.15. The van der Waals surface area contributed by atoms with Crippen LogP contribution in [0.5, 0.6) is 0 Å². The first kappa shape index (κ1) is 14.1. The van der Waals surface area contributed by atoms with Gasteiger partial charge in [-0.1, -0.05) is 24.3 Å². The van der Waals surface area contributed by atoms with Crippen molar-refractivity contribution in [2.24, 2.45) is 0 Å². The Morgan fingerprint density at radius 1 is 0.800 bits per heavy atom. The molecule has 0 heterocycles. The highest BCUT2D eigenvalue weighted by Crippen LogP contribution is 2.23. The van der Waals surface area contributed by atoms with E-state index in [1.54, 1.807) is 0 Å². The van der Waals surface area contributed by atoms with Gasteiger partial charge in [-0.25, -0.2) is 0 Å². The summed E-state index contributed by atoms with van der Waals surface area (Å²) in [4.78, 5) is 12.8. The first-order valence-corrected chi connectivity index (χ1v) is 6.98. The van der Waals surface area contributed by atoms with Crippen molar-refractivity contribution in [3.05, 3.63) is 59.7 Å². The predicted molar refractivity (Wildman–Crippen MR) is 84.6 cm³/mol. The number of nitrogens with one attached hydrogen (secondary N) is 2. The molecule has 0 aliphatic carbocycles. The molecule has 0 atom stereocenters. The van der Waals surface area contributed by atoms with Crippen molar-refractivity contribution in [2.75, 3.05) is 23.7 Å². The maximum Gasteiger partial charge on any atom is 0.197 e. The van der Waals surface area contributed by atoms with Gasteiger partial charge in [0.1, 0.15) is 0 Å². The van der Waals surface area contributed by atoms with Gasteiger partial charge in [0.2, 0.25) is 0 Å². The summed E-state index contributed by atoms with van der Waals surface area (Å²) in [7, 11) is 0. The number of benzene rings is 2. The van der Waals surface area contributed by atoms with Crippen LogP contribution < -0.4 is 10.6 Å². The van der Waals surface area contributed by atoms with E-state index in [1.807, 2.05) is 62.4 Å². The number of hydrogen-bond donors (Lipinski definition) is 2. The fraction of sp³-hybridized carbons (Fsp3) is 0.235.